The van der Waals surface area contributed by atoms with Gasteiger partial charge in [0.1, 0.15) is 0 Å². The topological polar surface area (TPSA) is 12.0 Å². The van der Waals surface area contributed by atoms with E-state index < -0.39 is 0 Å². The van der Waals surface area contributed by atoms with Gasteiger partial charge in [-0.2, -0.15) is 0 Å². The Labute approximate surface area is 125 Å². The second-order valence-corrected chi connectivity index (χ2v) is 5.70. The van der Waals surface area contributed by atoms with Gasteiger partial charge in [-0.1, -0.05) is 57.3 Å². The van der Waals surface area contributed by atoms with Gasteiger partial charge in [-0.25, -0.2) is 0 Å². The quantitative estimate of drug-likeness (QED) is 0.820. The van der Waals surface area contributed by atoms with Gasteiger partial charge in [0.05, 0.1) is 6.04 Å². The summed E-state index contributed by atoms with van der Waals surface area (Å²) in [6.07, 6.45) is 0. The number of hydrogen-bond donors (Lipinski definition) is 1. The van der Waals surface area contributed by atoms with Crippen molar-refractivity contribution in [2.45, 2.75) is 6.04 Å². The van der Waals surface area contributed by atoms with Gasteiger partial charge in [-0.15, -0.1) is 0 Å². The first-order valence-electron chi connectivity index (χ1n) is 5.49. The molecule has 0 aliphatic carbocycles. The van der Waals surface area contributed by atoms with Crippen LogP contribution in [-0.2, 0) is 0 Å². The van der Waals surface area contributed by atoms with Crippen molar-refractivity contribution in [1.82, 2.24) is 5.32 Å². The molecule has 0 bridgehead atoms. The molecule has 1 nitrogen and oxygen atoms in total. The third-order valence-corrected chi connectivity index (χ3v) is 3.84. The van der Waals surface area contributed by atoms with Crippen LogP contribution in [0.25, 0.3) is 0 Å². The molecule has 0 fully saturated rings. The summed E-state index contributed by atoms with van der Waals surface area (Å²) in [4.78, 5) is 0. The molecule has 0 aromatic heterocycles. The lowest BCUT2D eigenvalue weighted by molar-refractivity contribution is 0.692. The summed E-state index contributed by atoms with van der Waals surface area (Å²) in [5.74, 6) is 0. The molecule has 0 saturated carbocycles. The molecule has 1 unspecified atom stereocenters. The molecule has 2 aromatic carbocycles. The molecule has 2 rings (SSSR count). The summed E-state index contributed by atoms with van der Waals surface area (Å²) in [7, 11) is 1.91. The van der Waals surface area contributed by atoms with Crippen LogP contribution in [0.3, 0.4) is 0 Å². The molecule has 4 heteroatoms. The molecule has 0 saturated heterocycles. The molecule has 0 aliphatic rings. The Morgan fingerprint density at radius 2 is 1.72 bits per heavy atom. The minimum absolute atomic E-state index is 0.0582. The van der Waals surface area contributed by atoms with Crippen molar-refractivity contribution in [3.63, 3.8) is 0 Å². The average Bonchev–Trinajstić information content (AvgIpc) is 2.35. The molecule has 18 heavy (non-hydrogen) atoms. The lowest BCUT2D eigenvalue weighted by Crippen LogP contribution is -2.17. The number of hydrogen-bond acceptors (Lipinski definition) is 1. The Bertz CT molecular complexity index is 540. The first-order chi connectivity index (χ1) is 8.61. The van der Waals surface area contributed by atoms with Crippen molar-refractivity contribution in [2.75, 3.05) is 7.05 Å². The Morgan fingerprint density at radius 1 is 1.06 bits per heavy atom. The normalized spacial score (nSPS) is 12.4. The van der Waals surface area contributed by atoms with Crippen molar-refractivity contribution in [2.24, 2.45) is 0 Å². The summed E-state index contributed by atoms with van der Waals surface area (Å²) < 4.78 is 0.974. The zero-order valence-corrected chi connectivity index (χ0v) is 12.9. The van der Waals surface area contributed by atoms with Crippen molar-refractivity contribution in [3.05, 3.63) is 68.1 Å². The van der Waals surface area contributed by atoms with Gasteiger partial charge in [0.15, 0.2) is 0 Å². The van der Waals surface area contributed by atoms with Crippen LogP contribution in [0.4, 0.5) is 0 Å². The summed E-state index contributed by atoms with van der Waals surface area (Å²) in [6.45, 7) is 0. The Morgan fingerprint density at radius 3 is 2.28 bits per heavy atom. The molecule has 1 atom stereocenters. The highest BCUT2D eigenvalue weighted by Gasteiger charge is 2.15. The van der Waals surface area contributed by atoms with Gasteiger partial charge in [0.2, 0.25) is 0 Å². The van der Waals surface area contributed by atoms with Crippen molar-refractivity contribution >= 4 is 39.1 Å². The predicted molar refractivity (Wildman–Crippen MR) is 81.5 cm³/mol. The summed E-state index contributed by atoms with van der Waals surface area (Å²) >= 11 is 15.6. The number of benzene rings is 2. The fraction of sp³-hybridized carbons (Fsp3) is 0.143. The molecule has 0 aliphatic heterocycles. The maximum absolute atomic E-state index is 6.29. The van der Waals surface area contributed by atoms with E-state index in [0.717, 1.165) is 25.6 Å². The molecule has 0 heterocycles. The van der Waals surface area contributed by atoms with Crippen LogP contribution in [-0.4, -0.2) is 7.05 Å². The lowest BCUT2D eigenvalue weighted by Gasteiger charge is -2.18. The van der Waals surface area contributed by atoms with Crippen LogP contribution in [0.1, 0.15) is 17.2 Å². The molecule has 0 spiro atoms. The fourth-order valence-electron chi connectivity index (χ4n) is 1.89. The second kappa shape index (κ2) is 6.07. The predicted octanol–water partition coefficient (Wildman–Crippen LogP) is 5.06. The number of nitrogens with one attached hydrogen (secondary N) is 1. The molecule has 0 radical (unpaired) electrons. The first kappa shape index (κ1) is 13.9. The third-order valence-electron chi connectivity index (χ3n) is 2.77. The van der Waals surface area contributed by atoms with Crippen LogP contribution in [0.5, 0.6) is 0 Å². The molecule has 0 amide bonds. The molecular formula is C14H12BrCl2N. The largest absolute Gasteiger partial charge is 0.309 e. The summed E-state index contributed by atoms with van der Waals surface area (Å²) in [5.41, 5.74) is 2.18. The standard InChI is InChI=1S/C14H12BrCl2N/c1-18-14(9-2-5-11(16)6-3-9)12-7-4-10(15)8-13(12)17/h2-8,14,18H,1H3. The number of rotatable bonds is 3. The van der Waals surface area contributed by atoms with E-state index in [4.69, 9.17) is 23.2 Å². The van der Waals surface area contributed by atoms with Gasteiger partial charge < -0.3 is 5.32 Å². The van der Waals surface area contributed by atoms with E-state index in [-0.39, 0.29) is 6.04 Å². The average molecular weight is 345 g/mol. The maximum Gasteiger partial charge on any atom is 0.0589 e. The molecule has 1 N–H and O–H groups in total. The van der Waals surface area contributed by atoms with E-state index in [2.05, 4.69) is 21.2 Å². The van der Waals surface area contributed by atoms with Gasteiger partial charge in [0, 0.05) is 14.5 Å². The minimum Gasteiger partial charge on any atom is -0.309 e. The SMILES string of the molecule is CNC(c1ccc(Cl)cc1)c1ccc(Br)cc1Cl. The van der Waals surface area contributed by atoms with E-state index in [1.54, 1.807) is 0 Å². The van der Waals surface area contributed by atoms with Crippen LogP contribution in [0.15, 0.2) is 46.9 Å². The van der Waals surface area contributed by atoms with Crippen molar-refractivity contribution in [1.29, 1.82) is 0 Å². The highest BCUT2D eigenvalue weighted by Crippen LogP contribution is 2.30. The van der Waals surface area contributed by atoms with Gasteiger partial charge in [0.25, 0.3) is 0 Å². The van der Waals surface area contributed by atoms with E-state index >= 15 is 0 Å². The minimum atomic E-state index is 0.0582. The Kier molecular flexibility index (Phi) is 4.68. The molecule has 2 aromatic rings. The summed E-state index contributed by atoms with van der Waals surface area (Å²) in [5, 5.41) is 4.74. The van der Waals surface area contributed by atoms with Crippen LogP contribution in [0, 0.1) is 0 Å². The molecular weight excluding hydrogens is 333 g/mol. The molecule has 94 valence electrons. The third kappa shape index (κ3) is 3.07. The van der Waals surface area contributed by atoms with Gasteiger partial charge in [-0.3, -0.25) is 0 Å². The van der Waals surface area contributed by atoms with E-state index in [1.165, 1.54) is 0 Å². The smallest absolute Gasteiger partial charge is 0.0589 e. The van der Waals surface area contributed by atoms with E-state index in [9.17, 15) is 0 Å². The van der Waals surface area contributed by atoms with Gasteiger partial charge >= 0.3 is 0 Å². The lowest BCUT2D eigenvalue weighted by atomic mass is 9.99. The Hall–Kier alpha value is -0.540. The zero-order valence-electron chi connectivity index (χ0n) is 9.75. The first-order valence-corrected chi connectivity index (χ1v) is 7.04. The van der Waals surface area contributed by atoms with Crippen molar-refractivity contribution in [3.8, 4) is 0 Å². The zero-order chi connectivity index (χ0) is 13.1. The monoisotopic (exact) mass is 343 g/mol. The summed E-state index contributed by atoms with van der Waals surface area (Å²) in [6, 6.07) is 13.7. The van der Waals surface area contributed by atoms with E-state index in [0.29, 0.717) is 0 Å². The second-order valence-electron chi connectivity index (χ2n) is 3.94. The van der Waals surface area contributed by atoms with Crippen molar-refractivity contribution < 1.29 is 0 Å². The highest BCUT2D eigenvalue weighted by molar-refractivity contribution is 9.10. The Balaban J connectivity index is 2.41. The van der Waals surface area contributed by atoms with Crippen LogP contribution in [0.2, 0.25) is 10.0 Å². The number of halogens is 3. The highest BCUT2D eigenvalue weighted by atomic mass is 79.9. The fourth-order valence-corrected chi connectivity index (χ4v) is 2.80. The van der Waals surface area contributed by atoms with E-state index in [1.807, 2.05) is 49.5 Å². The van der Waals surface area contributed by atoms with Crippen LogP contribution >= 0.6 is 39.1 Å². The maximum atomic E-state index is 6.29. The van der Waals surface area contributed by atoms with Gasteiger partial charge in [-0.05, 0) is 42.4 Å². The van der Waals surface area contributed by atoms with Crippen LogP contribution < -0.4 is 5.32 Å².